The van der Waals surface area contributed by atoms with Crippen LogP contribution in [0.3, 0.4) is 0 Å². The van der Waals surface area contributed by atoms with E-state index in [-0.39, 0.29) is 5.92 Å². The molecule has 1 aliphatic heterocycles. The monoisotopic (exact) mass is 414 g/mol. The van der Waals surface area contributed by atoms with Gasteiger partial charge in [-0.15, -0.1) is 0 Å². The summed E-state index contributed by atoms with van der Waals surface area (Å²) < 4.78 is 6.35. The summed E-state index contributed by atoms with van der Waals surface area (Å²) in [6, 6.07) is 16.6. The first-order valence-electron chi connectivity index (χ1n) is 9.09. The second-order valence-electron chi connectivity index (χ2n) is 6.99. The lowest BCUT2D eigenvalue weighted by molar-refractivity contribution is -0.132. The molecule has 26 heavy (non-hydrogen) atoms. The normalized spacial score (nSPS) is 22.2. The number of halogens is 1. The molecule has 2 aromatic rings. The molecule has 0 N–H and O–H groups in total. The molecule has 0 bridgehead atoms. The van der Waals surface area contributed by atoms with Gasteiger partial charge < -0.3 is 14.5 Å². The molecular weight excluding hydrogens is 392 g/mol. The molecule has 4 rings (SSSR count). The molecular formula is C21H23BrN2O2. The number of amides is 1. The number of carbonyl (C=O) groups excluding carboxylic acids is 1. The predicted molar refractivity (Wildman–Crippen MR) is 107 cm³/mol. The minimum absolute atomic E-state index is 0.178. The zero-order valence-corrected chi connectivity index (χ0v) is 16.5. The van der Waals surface area contributed by atoms with E-state index in [1.54, 1.807) is 7.11 Å². The standard InChI is InChI=1S/C21H23BrN2O2/c1-26-20-13-16(7-8-19(20)22)23-9-11-24(12-10-23)21(25)18-14-17(18)15-5-3-2-4-6-15/h2-8,13,17-18H,9-12,14H2,1H3. The third-order valence-electron chi connectivity index (χ3n) is 5.43. The van der Waals surface area contributed by atoms with E-state index in [2.05, 4.69) is 51.2 Å². The third-order valence-corrected chi connectivity index (χ3v) is 6.08. The maximum atomic E-state index is 12.8. The second-order valence-corrected chi connectivity index (χ2v) is 7.84. The third kappa shape index (κ3) is 3.45. The van der Waals surface area contributed by atoms with E-state index in [4.69, 9.17) is 4.74 Å². The van der Waals surface area contributed by atoms with Crippen LogP contribution in [-0.4, -0.2) is 44.1 Å². The van der Waals surface area contributed by atoms with Crippen LogP contribution in [-0.2, 0) is 4.79 Å². The Labute approximate surface area is 162 Å². The van der Waals surface area contributed by atoms with Gasteiger partial charge in [-0.1, -0.05) is 30.3 Å². The van der Waals surface area contributed by atoms with E-state index >= 15 is 0 Å². The summed E-state index contributed by atoms with van der Waals surface area (Å²) in [6.07, 6.45) is 0.993. The molecule has 2 atom stereocenters. The number of piperazine rings is 1. The molecule has 1 aliphatic carbocycles. The number of benzene rings is 2. The molecule has 0 spiro atoms. The van der Waals surface area contributed by atoms with Crippen LogP contribution in [0, 0.1) is 5.92 Å². The van der Waals surface area contributed by atoms with Gasteiger partial charge in [-0.25, -0.2) is 0 Å². The summed E-state index contributed by atoms with van der Waals surface area (Å²) >= 11 is 3.49. The Balaban J connectivity index is 1.35. The van der Waals surface area contributed by atoms with Gasteiger partial charge in [-0.3, -0.25) is 4.79 Å². The minimum atomic E-state index is 0.178. The summed E-state index contributed by atoms with van der Waals surface area (Å²) in [5.74, 6) is 1.76. The van der Waals surface area contributed by atoms with Crippen LogP contribution < -0.4 is 9.64 Å². The Hall–Kier alpha value is -2.01. The van der Waals surface area contributed by atoms with Crippen LogP contribution in [0.2, 0.25) is 0 Å². The van der Waals surface area contributed by atoms with Crippen molar-refractivity contribution in [3.8, 4) is 5.75 Å². The zero-order valence-electron chi connectivity index (χ0n) is 14.9. The lowest BCUT2D eigenvalue weighted by atomic mass is 10.1. The molecule has 2 aromatic carbocycles. The van der Waals surface area contributed by atoms with Crippen molar-refractivity contribution in [2.75, 3.05) is 38.2 Å². The topological polar surface area (TPSA) is 32.8 Å². The number of hydrogen-bond donors (Lipinski definition) is 0. The minimum Gasteiger partial charge on any atom is -0.495 e. The number of anilines is 1. The van der Waals surface area contributed by atoms with Crippen LogP contribution >= 0.6 is 15.9 Å². The van der Waals surface area contributed by atoms with Gasteiger partial charge >= 0.3 is 0 Å². The summed E-state index contributed by atoms with van der Waals surface area (Å²) in [6.45, 7) is 3.29. The van der Waals surface area contributed by atoms with Crippen molar-refractivity contribution in [1.82, 2.24) is 4.90 Å². The highest BCUT2D eigenvalue weighted by atomic mass is 79.9. The fraction of sp³-hybridized carbons (Fsp3) is 0.381. The lowest BCUT2D eigenvalue weighted by Crippen LogP contribution is -2.49. The van der Waals surface area contributed by atoms with Crippen molar-refractivity contribution >= 4 is 27.5 Å². The highest BCUT2D eigenvalue weighted by Crippen LogP contribution is 2.48. The molecule has 1 saturated heterocycles. The zero-order chi connectivity index (χ0) is 18.1. The van der Waals surface area contributed by atoms with Gasteiger partial charge in [0.2, 0.25) is 5.91 Å². The van der Waals surface area contributed by atoms with Gasteiger partial charge in [0.15, 0.2) is 0 Å². The average Bonchev–Trinajstić information content (AvgIpc) is 3.49. The first kappa shape index (κ1) is 17.4. The molecule has 0 aromatic heterocycles. The van der Waals surface area contributed by atoms with E-state index in [0.717, 1.165) is 48.5 Å². The van der Waals surface area contributed by atoms with Gasteiger partial charge in [0, 0.05) is 43.9 Å². The Morgan fingerprint density at radius 1 is 1.08 bits per heavy atom. The van der Waals surface area contributed by atoms with Crippen LogP contribution in [0.4, 0.5) is 5.69 Å². The second kappa shape index (κ2) is 7.31. The Bertz CT molecular complexity index is 788. The summed E-state index contributed by atoms with van der Waals surface area (Å²) in [5.41, 5.74) is 2.44. The van der Waals surface area contributed by atoms with Gasteiger partial charge in [-0.05, 0) is 46.0 Å². The highest BCUT2D eigenvalue weighted by molar-refractivity contribution is 9.10. The van der Waals surface area contributed by atoms with Gasteiger partial charge in [-0.2, -0.15) is 0 Å². The Kier molecular flexibility index (Phi) is 4.90. The molecule has 1 heterocycles. The Morgan fingerprint density at radius 3 is 2.50 bits per heavy atom. The maximum absolute atomic E-state index is 12.8. The van der Waals surface area contributed by atoms with E-state index in [1.165, 1.54) is 5.56 Å². The number of hydrogen-bond acceptors (Lipinski definition) is 3. The Morgan fingerprint density at radius 2 is 1.81 bits per heavy atom. The van der Waals surface area contributed by atoms with E-state index in [0.29, 0.717) is 11.8 Å². The van der Waals surface area contributed by atoms with E-state index in [9.17, 15) is 4.79 Å². The first-order chi connectivity index (χ1) is 12.7. The van der Waals surface area contributed by atoms with Crippen molar-refractivity contribution in [1.29, 1.82) is 0 Å². The molecule has 1 amide bonds. The number of ether oxygens (including phenoxy) is 1. The van der Waals surface area contributed by atoms with Gasteiger partial charge in [0.25, 0.3) is 0 Å². The maximum Gasteiger partial charge on any atom is 0.226 e. The largest absolute Gasteiger partial charge is 0.495 e. The predicted octanol–water partition coefficient (Wildman–Crippen LogP) is 3.91. The SMILES string of the molecule is COc1cc(N2CCN(C(=O)C3CC3c3ccccc3)CC2)ccc1Br. The fourth-order valence-corrected chi connectivity index (χ4v) is 4.21. The summed E-state index contributed by atoms with van der Waals surface area (Å²) in [7, 11) is 1.68. The number of carbonyl (C=O) groups is 1. The molecule has 2 unspecified atom stereocenters. The quantitative estimate of drug-likeness (QED) is 0.759. The number of nitrogens with zero attached hydrogens (tertiary/aromatic N) is 2. The van der Waals surface area contributed by atoms with Crippen molar-refractivity contribution in [3.05, 3.63) is 58.6 Å². The fourth-order valence-electron chi connectivity index (χ4n) is 3.80. The number of methoxy groups -OCH3 is 1. The molecule has 1 saturated carbocycles. The van der Waals surface area contributed by atoms with Crippen molar-refractivity contribution in [2.24, 2.45) is 5.92 Å². The average molecular weight is 415 g/mol. The van der Waals surface area contributed by atoms with Gasteiger partial charge in [0.05, 0.1) is 11.6 Å². The van der Waals surface area contributed by atoms with Crippen LogP contribution in [0.15, 0.2) is 53.0 Å². The van der Waals surface area contributed by atoms with Crippen LogP contribution in [0.5, 0.6) is 5.75 Å². The lowest BCUT2D eigenvalue weighted by Gasteiger charge is -2.36. The van der Waals surface area contributed by atoms with Crippen molar-refractivity contribution < 1.29 is 9.53 Å². The highest BCUT2D eigenvalue weighted by Gasteiger charge is 2.45. The summed E-state index contributed by atoms with van der Waals surface area (Å²) in [4.78, 5) is 17.2. The van der Waals surface area contributed by atoms with Crippen LogP contribution in [0.25, 0.3) is 0 Å². The smallest absolute Gasteiger partial charge is 0.226 e. The first-order valence-corrected chi connectivity index (χ1v) is 9.89. The molecule has 5 heteroatoms. The molecule has 2 fully saturated rings. The summed E-state index contributed by atoms with van der Waals surface area (Å²) in [5, 5.41) is 0. The van der Waals surface area contributed by atoms with Crippen molar-refractivity contribution in [3.63, 3.8) is 0 Å². The molecule has 4 nitrogen and oxygen atoms in total. The van der Waals surface area contributed by atoms with E-state index in [1.807, 2.05) is 23.1 Å². The molecule has 136 valence electrons. The molecule has 2 aliphatic rings. The van der Waals surface area contributed by atoms with Crippen molar-refractivity contribution in [2.45, 2.75) is 12.3 Å². The van der Waals surface area contributed by atoms with Crippen LogP contribution in [0.1, 0.15) is 17.9 Å². The molecule has 0 radical (unpaired) electrons. The van der Waals surface area contributed by atoms with E-state index < -0.39 is 0 Å². The number of rotatable bonds is 4. The van der Waals surface area contributed by atoms with Gasteiger partial charge in [0.1, 0.15) is 5.75 Å².